The molecule has 1 aromatic carbocycles. The molecule has 2 aromatic rings. The van der Waals surface area contributed by atoms with E-state index < -0.39 is 0 Å². The Kier molecular flexibility index (Phi) is 5.67. The summed E-state index contributed by atoms with van der Waals surface area (Å²) in [4.78, 5) is 0. The molecule has 0 fully saturated rings. The Hall–Kier alpha value is -1.04. The van der Waals surface area contributed by atoms with Crippen LogP contribution >= 0.6 is 27.5 Å². The predicted molar refractivity (Wildman–Crippen MR) is 89.2 cm³/mol. The number of aromatic nitrogens is 2. The van der Waals surface area contributed by atoms with Crippen LogP contribution in [0.5, 0.6) is 11.6 Å². The fraction of sp³-hybridized carbons (Fsp3) is 0.400. The van der Waals surface area contributed by atoms with E-state index in [2.05, 4.69) is 33.3 Å². The maximum Gasteiger partial charge on any atom is 0.222 e. The zero-order valence-corrected chi connectivity index (χ0v) is 14.8. The number of aryl methyl sites for hydroxylation is 2. The molecule has 0 atom stereocenters. The zero-order chi connectivity index (χ0) is 15.4. The van der Waals surface area contributed by atoms with Gasteiger partial charge in [0.15, 0.2) is 0 Å². The van der Waals surface area contributed by atoms with E-state index in [9.17, 15) is 0 Å². The van der Waals surface area contributed by atoms with Crippen LogP contribution in [0.3, 0.4) is 0 Å². The van der Waals surface area contributed by atoms with Crippen LogP contribution in [-0.2, 0) is 13.6 Å². The van der Waals surface area contributed by atoms with Gasteiger partial charge in [-0.1, -0.05) is 34.5 Å². The molecule has 1 aromatic heterocycles. The first kappa shape index (κ1) is 16.3. The Morgan fingerprint density at radius 3 is 2.90 bits per heavy atom. The number of nitrogens with one attached hydrogen (secondary N) is 1. The van der Waals surface area contributed by atoms with Crippen LogP contribution in [-0.4, -0.2) is 16.3 Å². The molecule has 2 rings (SSSR count). The summed E-state index contributed by atoms with van der Waals surface area (Å²) in [5, 5.41) is 8.39. The van der Waals surface area contributed by atoms with E-state index in [-0.39, 0.29) is 0 Å². The summed E-state index contributed by atoms with van der Waals surface area (Å²) in [5.41, 5.74) is 2.02. The summed E-state index contributed by atoms with van der Waals surface area (Å²) in [5.74, 6) is 1.34. The molecule has 21 heavy (non-hydrogen) atoms. The lowest BCUT2D eigenvalue weighted by Gasteiger charge is -2.11. The summed E-state index contributed by atoms with van der Waals surface area (Å²) in [6.07, 6.45) is 1.09. The van der Waals surface area contributed by atoms with Crippen molar-refractivity contribution < 1.29 is 4.74 Å². The van der Waals surface area contributed by atoms with E-state index >= 15 is 0 Å². The smallest absolute Gasteiger partial charge is 0.222 e. The fourth-order valence-corrected chi connectivity index (χ4v) is 2.56. The van der Waals surface area contributed by atoms with Crippen LogP contribution in [0, 0.1) is 6.92 Å². The molecular formula is C15H19BrClN3O. The first-order valence-corrected chi connectivity index (χ1v) is 8.06. The molecule has 0 spiro atoms. The highest BCUT2D eigenvalue weighted by atomic mass is 79.9. The molecule has 0 radical (unpaired) electrons. The summed E-state index contributed by atoms with van der Waals surface area (Å²) >= 11 is 9.62. The van der Waals surface area contributed by atoms with Gasteiger partial charge in [0.2, 0.25) is 5.88 Å². The van der Waals surface area contributed by atoms with Crippen molar-refractivity contribution in [2.75, 3.05) is 6.54 Å². The van der Waals surface area contributed by atoms with Crippen molar-refractivity contribution in [1.82, 2.24) is 15.1 Å². The molecule has 0 bridgehead atoms. The number of hydrogen-bond donors (Lipinski definition) is 1. The third-order valence-corrected chi connectivity index (χ3v) is 3.92. The molecule has 0 saturated carbocycles. The van der Waals surface area contributed by atoms with Crippen LogP contribution < -0.4 is 10.1 Å². The lowest BCUT2D eigenvalue weighted by atomic mass is 10.2. The van der Waals surface area contributed by atoms with Crippen molar-refractivity contribution in [2.24, 2.45) is 7.05 Å². The number of nitrogens with zero attached hydrogens (tertiary/aromatic N) is 2. The Morgan fingerprint density at radius 1 is 1.43 bits per heavy atom. The fourth-order valence-electron chi connectivity index (χ4n) is 2.06. The van der Waals surface area contributed by atoms with Gasteiger partial charge in [0.25, 0.3) is 0 Å². The lowest BCUT2D eigenvalue weighted by molar-refractivity contribution is 0.424. The minimum atomic E-state index is 0.574. The van der Waals surface area contributed by atoms with Gasteiger partial charge in [-0.2, -0.15) is 5.10 Å². The van der Waals surface area contributed by atoms with Crippen molar-refractivity contribution in [3.05, 3.63) is 39.0 Å². The van der Waals surface area contributed by atoms with Crippen molar-refractivity contribution in [2.45, 2.75) is 26.8 Å². The summed E-state index contributed by atoms with van der Waals surface area (Å²) < 4.78 is 8.67. The number of ether oxygens (including phenoxy) is 1. The van der Waals surface area contributed by atoms with Gasteiger partial charge in [-0.3, -0.25) is 0 Å². The van der Waals surface area contributed by atoms with E-state index in [1.807, 2.05) is 26.1 Å². The number of halogens is 2. The van der Waals surface area contributed by atoms with Gasteiger partial charge >= 0.3 is 0 Å². The van der Waals surface area contributed by atoms with Crippen molar-refractivity contribution in [3.63, 3.8) is 0 Å². The van der Waals surface area contributed by atoms with Gasteiger partial charge < -0.3 is 10.1 Å². The molecule has 1 heterocycles. The molecule has 6 heteroatoms. The normalized spacial score (nSPS) is 10.9. The number of hydrogen-bond acceptors (Lipinski definition) is 3. The topological polar surface area (TPSA) is 39.1 Å². The lowest BCUT2D eigenvalue weighted by Crippen LogP contribution is -2.14. The maximum absolute atomic E-state index is 6.19. The van der Waals surface area contributed by atoms with Crippen LogP contribution in [0.2, 0.25) is 5.02 Å². The van der Waals surface area contributed by atoms with Gasteiger partial charge in [-0.05, 0) is 38.1 Å². The monoisotopic (exact) mass is 371 g/mol. The molecular weight excluding hydrogens is 354 g/mol. The van der Waals surface area contributed by atoms with E-state index in [1.165, 1.54) is 0 Å². The van der Waals surface area contributed by atoms with Gasteiger partial charge in [-0.15, -0.1) is 0 Å². The molecule has 0 saturated heterocycles. The second-order valence-corrected chi connectivity index (χ2v) is 6.17. The zero-order valence-electron chi connectivity index (χ0n) is 12.4. The predicted octanol–water partition coefficient (Wildman–Crippen LogP) is 4.44. The minimum absolute atomic E-state index is 0.574. The highest BCUT2D eigenvalue weighted by Gasteiger charge is 2.16. The van der Waals surface area contributed by atoms with Crippen molar-refractivity contribution >= 4 is 27.5 Å². The largest absolute Gasteiger partial charge is 0.437 e. The highest BCUT2D eigenvalue weighted by Crippen LogP contribution is 2.34. The van der Waals surface area contributed by atoms with Crippen LogP contribution in [0.4, 0.5) is 0 Å². The van der Waals surface area contributed by atoms with Gasteiger partial charge in [0.1, 0.15) is 5.75 Å². The van der Waals surface area contributed by atoms with Gasteiger partial charge in [0.05, 0.1) is 16.3 Å². The highest BCUT2D eigenvalue weighted by molar-refractivity contribution is 9.10. The van der Waals surface area contributed by atoms with Crippen molar-refractivity contribution in [1.29, 1.82) is 0 Å². The first-order chi connectivity index (χ1) is 10.0. The van der Waals surface area contributed by atoms with Crippen LogP contribution in [0.1, 0.15) is 24.6 Å². The second-order valence-electron chi connectivity index (χ2n) is 4.85. The molecule has 1 N–H and O–H groups in total. The van der Waals surface area contributed by atoms with E-state index in [4.69, 9.17) is 16.3 Å². The summed E-state index contributed by atoms with van der Waals surface area (Å²) in [6.45, 7) is 5.82. The quantitative estimate of drug-likeness (QED) is 0.762. The number of rotatable bonds is 6. The second kappa shape index (κ2) is 7.29. The van der Waals surface area contributed by atoms with Crippen molar-refractivity contribution in [3.8, 4) is 11.6 Å². The molecule has 0 aliphatic carbocycles. The van der Waals surface area contributed by atoms with E-state index in [0.29, 0.717) is 10.8 Å². The first-order valence-electron chi connectivity index (χ1n) is 6.89. The van der Waals surface area contributed by atoms with Gasteiger partial charge in [-0.25, -0.2) is 4.68 Å². The Bertz CT molecular complexity index is 628. The molecule has 0 aliphatic heterocycles. The van der Waals surface area contributed by atoms with Crippen LogP contribution in [0.25, 0.3) is 0 Å². The maximum atomic E-state index is 6.19. The average molecular weight is 373 g/mol. The molecule has 4 nitrogen and oxygen atoms in total. The Balaban J connectivity index is 2.28. The Labute approximate surface area is 138 Å². The van der Waals surface area contributed by atoms with Gasteiger partial charge in [0, 0.05) is 18.1 Å². The van der Waals surface area contributed by atoms with Crippen LogP contribution in [0.15, 0.2) is 22.7 Å². The molecule has 0 aliphatic rings. The standard InChI is InChI=1S/C15H19BrClN3O/c1-4-7-18-9-12-10(2)19-20(3)15(12)21-14-8-11(16)5-6-13(14)17/h5-6,8,18H,4,7,9H2,1-3H3. The molecule has 0 unspecified atom stereocenters. The minimum Gasteiger partial charge on any atom is -0.437 e. The number of benzene rings is 1. The average Bonchev–Trinajstić information content (AvgIpc) is 2.70. The Morgan fingerprint density at radius 2 is 2.19 bits per heavy atom. The summed E-state index contributed by atoms with van der Waals surface area (Å²) in [7, 11) is 1.87. The SMILES string of the molecule is CCCNCc1c(C)nn(C)c1Oc1cc(Br)ccc1Cl. The van der Waals surface area contributed by atoms with E-state index in [1.54, 1.807) is 10.7 Å². The third kappa shape index (κ3) is 3.99. The summed E-state index contributed by atoms with van der Waals surface area (Å²) in [6, 6.07) is 5.54. The molecule has 114 valence electrons. The third-order valence-electron chi connectivity index (χ3n) is 3.12. The molecule has 0 amide bonds. The van der Waals surface area contributed by atoms with E-state index in [0.717, 1.165) is 41.1 Å².